The Morgan fingerprint density at radius 2 is 1.46 bits per heavy atom. The van der Waals surface area contributed by atoms with Crippen LogP contribution in [0.3, 0.4) is 0 Å². The van der Waals surface area contributed by atoms with E-state index >= 15 is 0 Å². The van der Waals surface area contributed by atoms with E-state index in [9.17, 15) is 20.2 Å². The van der Waals surface area contributed by atoms with E-state index in [1.807, 2.05) is 81.4 Å². The molecular formula is C38H39ClN4O5. The Bertz CT molecular complexity index is 1950. The molecule has 0 N–H and O–H groups in total. The van der Waals surface area contributed by atoms with Crippen LogP contribution >= 0.6 is 11.6 Å². The van der Waals surface area contributed by atoms with Crippen LogP contribution in [0.25, 0.3) is 0 Å². The number of hydrogen-bond acceptors (Lipinski definition) is 7. The number of allylic oxidation sites excluding steroid dienone is 7. The number of para-hydroxylation sites is 1. The van der Waals surface area contributed by atoms with Gasteiger partial charge in [0, 0.05) is 65.9 Å². The van der Waals surface area contributed by atoms with E-state index in [0.717, 1.165) is 58.6 Å². The Kier molecular flexibility index (Phi) is 8.24. The Morgan fingerprint density at radius 3 is 2.10 bits per heavy atom. The topological polar surface area (TPSA) is 102 Å². The summed E-state index contributed by atoms with van der Waals surface area (Å²) in [6.07, 6.45) is 10.7. The zero-order chi connectivity index (χ0) is 34.6. The summed E-state index contributed by atoms with van der Waals surface area (Å²) in [5, 5.41) is 23.9. The molecule has 1 unspecified atom stereocenters. The first kappa shape index (κ1) is 33.0. The molecule has 2 aliphatic heterocycles. The predicted octanol–water partition coefficient (Wildman–Crippen LogP) is 9.48. The number of rotatable bonds is 7. The molecule has 0 spiro atoms. The van der Waals surface area contributed by atoms with Crippen molar-refractivity contribution in [1.29, 1.82) is 0 Å². The smallest absolute Gasteiger partial charge is 0.269 e. The van der Waals surface area contributed by atoms with Gasteiger partial charge in [0.15, 0.2) is 0 Å². The van der Waals surface area contributed by atoms with Gasteiger partial charge in [-0.3, -0.25) is 20.2 Å². The fraction of sp³-hybridized carbons (Fsp3) is 0.316. The maximum Gasteiger partial charge on any atom is 0.269 e. The zero-order valence-corrected chi connectivity index (χ0v) is 28.7. The van der Waals surface area contributed by atoms with Gasteiger partial charge in [0.2, 0.25) is 5.72 Å². The number of nitro groups is 2. The minimum atomic E-state index is -1.02. The van der Waals surface area contributed by atoms with Gasteiger partial charge in [-0.25, -0.2) is 0 Å². The largest absolute Gasteiger partial charge is 0.463 e. The van der Waals surface area contributed by atoms with Gasteiger partial charge in [0.05, 0.1) is 15.3 Å². The van der Waals surface area contributed by atoms with Gasteiger partial charge in [-0.05, 0) is 91.8 Å². The molecule has 9 nitrogen and oxygen atoms in total. The highest BCUT2D eigenvalue weighted by molar-refractivity contribution is 6.32. The molecule has 0 saturated heterocycles. The quantitative estimate of drug-likeness (QED) is 0.183. The minimum Gasteiger partial charge on any atom is -0.463 e. The van der Waals surface area contributed by atoms with Crippen LogP contribution in [-0.2, 0) is 10.8 Å². The number of non-ortho nitro benzene ring substituents is 2. The third kappa shape index (κ3) is 5.26. The van der Waals surface area contributed by atoms with Crippen molar-refractivity contribution in [2.75, 3.05) is 23.9 Å². The Hall–Kier alpha value is -4.89. The molecule has 48 heavy (non-hydrogen) atoms. The molecule has 1 aliphatic carbocycles. The van der Waals surface area contributed by atoms with Crippen molar-refractivity contribution >= 4 is 34.4 Å². The monoisotopic (exact) mass is 666 g/mol. The highest BCUT2D eigenvalue weighted by Gasteiger charge is 2.57. The van der Waals surface area contributed by atoms with Gasteiger partial charge in [0.1, 0.15) is 5.75 Å². The van der Waals surface area contributed by atoms with E-state index in [-0.39, 0.29) is 21.2 Å². The summed E-state index contributed by atoms with van der Waals surface area (Å²) in [6, 6.07) is 19.6. The van der Waals surface area contributed by atoms with Crippen molar-refractivity contribution in [3.63, 3.8) is 0 Å². The van der Waals surface area contributed by atoms with Gasteiger partial charge >= 0.3 is 0 Å². The van der Waals surface area contributed by atoms with Crippen molar-refractivity contribution in [3.8, 4) is 5.75 Å². The first-order valence-electron chi connectivity index (χ1n) is 16.0. The van der Waals surface area contributed by atoms with Gasteiger partial charge in [0.25, 0.3) is 11.4 Å². The van der Waals surface area contributed by atoms with E-state index in [1.54, 1.807) is 24.3 Å². The molecule has 0 amide bonds. The number of benzene rings is 3. The van der Waals surface area contributed by atoms with Crippen LogP contribution in [0.15, 0.2) is 113 Å². The number of ether oxygens (including phenoxy) is 1. The summed E-state index contributed by atoms with van der Waals surface area (Å²) >= 11 is 7.14. The molecule has 3 aliphatic rings. The van der Waals surface area contributed by atoms with E-state index in [1.165, 1.54) is 6.07 Å². The highest BCUT2D eigenvalue weighted by atomic mass is 35.5. The summed E-state index contributed by atoms with van der Waals surface area (Å²) < 4.78 is 6.86. The molecule has 0 bridgehead atoms. The Labute approximate surface area is 285 Å². The lowest BCUT2D eigenvalue weighted by Crippen LogP contribution is -2.57. The standard InChI is InChI=1S/C38H39ClN4O5/c1-36(2)30-23-27(42(44)45)16-18-32(30)40(5)34(36)20-15-25-11-10-12-26(35(25)39)21-22-38(48-29-13-8-7-9-14-29)37(3,4)31-24-28(43(46)47)17-19-33(31)41(38)6/h7-9,13-24H,10-12H2,1-6H3/b22-21+,25-15+,34-20-. The van der Waals surface area contributed by atoms with E-state index < -0.39 is 16.6 Å². The molecule has 6 rings (SSSR count). The molecule has 3 aromatic rings. The average Bonchev–Trinajstić information content (AvgIpc) is 3.35. The fourth-order valence-corrected chi connectivity index (χ4v) is 7.79. The van der Waals surface area contributed by atoms with Crippen molar-refractivity contribution in [2.24, 2.45) is 0 Å². The molecule has 0 radical (unpaired) electrons. The molecular weight excluding hydrogens is 628 g/mol. The predicted molar refractivity (Wildman–Crippen MR) is 191 cm³/mol. The van der Waals surface area contributed by atoms with Crippen LogP contribution < -0.4 is 14.5 Å². The SMILES string of the molecule is CN1/C(=C\C=C2/CCCC(/C=C/C3(Oc4ccccc4)N(C)c4ccc([N+](=O)[O-])cc4C3(C)C)=C2Cl)C(C)(C)c2cc([N+](=O)[O-])ccc21. The van der Waals surface area contributed by atoms with Gasteiger partial charge in [-0.15, -0.1) is 0 Å². The van der Waals surface area contributed by atoms with E-state index in [4.69, 9.17) is 16.3 Å². The van der Waals surface area contributed by atoms with Crippen LogP contribution in [0.5, 0.6) is 5.75 Å². The summed E-state index contributed by atoms with van der Waals surface area (Å²) in [7, 11) is 3.93. The van der Waals surface area contributed by atoms with Crippen molar-refractivity contribution < 1.29 is 14.6 Å². The van der Waals surface area contributed by atoms with Gasteiger partial charge in [-0.2, -0.15) is 0 Å². The second-order valence-electron chi connectivity index (χ2n) is 13.7. The maximum absolute atomic E-state index is 11.7. The fourth-order valence-electron chi connectivity index (χ4n) is 7.48. The summed E-state index contributed by atoms with van der Waals surface area (Å²) in [4.78, 5) is 26.6. The van der Waals surface area contributed by atoms with Crippen molar-refractivity contribution in [3.05, 3.63) is 144 Å². The number of hydrogen-bond donors (Lipinski definition) is 0. The Balaban J connectivity index is 1.38. The van der Waals surface area contributed by atoms with Crippen molar-refractivity contribution in [1.82, 2.24) is 0 Å². The highest BCUT2D eigenvalue weighted by Crippen LogP contribution is 2.54. The van der Waals surface area contributed by atoms with E-state index in [2.05, 4.69) is 30.9 Å². The molecule has 10 heteroatoms. The number of halogens is 1. The first-order valence-corrected chi connectivity index (χ1v) is 16.4. The summed E-state index contributed by atoms with van der Waals surface area (Å²) in [6.45, 7) is 8.25. The van der Waals surface area contributed by atoms with Crippen LogP contribution in [0.4, 0.5) is 22.7 Å². The lowest BCUT2D eigenvalue weighted by Gasteiger charge is -2.44. The maximum atomic E-state index is 11.7. The normalized spacial score (nSPS) is 22.8. The average molecular weight is 667 g/mol. The first-order chi connectivity index (χ1) is 22.7. The van der Waals surface area contributed by atoms with Gasteiger partial charge < -0.3 is 14.5 Å². The van der Waals surface area contributed by atoms with Gasteiger partial charge in [-0.1, -0.05) is 55.8 Å². The van der Waals surface area contributed by atoms with Crippen LogP contribution in [0.2, 0.25) is 0 Å². The molecule has 0 saturated carbocycles. The third-order valence-electron chi connectivity index (χ3n) is 10.3. The molecule has 2 heterocycles. The molecule has 3 aromatic carbocycles. The second-order valence-corrected chi connectivity index (χ2v) is 14.0. The van der Waals surface area contributed by atoms with Crippen LogP contribution in [0.1, 0.15) is 58.1 Å². The Morgan fingerprint density at radius 1 is 0.833 bits per heavy atom. The third-order valence-corrected chi connectivity index (χ3v) is 10.8. The zero-order valence-electron chi connectivity index (χ0n) is 28.0. The number of nitro benzene ring substituents is 2. The lowest BCUT2D eigenvalue weighted by molar-refractivity contribution is -0.385. The molecule has 0 aromatic heterocycles. The number of likely N-dealkylation sites (N-methyl/N-ethyl adjacent to an activating group) is 2. The number of anilines is 2. The van der Waals surface area contributed by atoms with E-state index in [0.29, 0.717) is 10.8 Å². The van der Waals surface area contributed by atoms with Crippen molar-refractivity contribution in [2.45, 2.75) is 63.5 Å². The number of nitrogens with zero attached hydrogens (tertiary/aromatic N) is 4. The van der Waals surface area contributed by atoms with Crippen LogP contribution in [-0.4, -0.2) is 29.7 Å². The molecule has 0 fully saturated rings. The summed E-state index contributed by atoms with van der Waals surface area (Å²) in [5.74, 6) is 0.676. The number of fused-ring (bicyclic) bond motifs is 2. The second kappa shape index (κ2) is 12.0. The molecule has 248 valence electrons. The van der Waals surface area contributed by atoms with Crippen LogP contribution in [0, 0.1) is 20.2 Å². The summed E-state index contributed by atoms with van der Waals surface area (Å²) in [5.41, 5.74) is 4.52. The minimum absolute atomic E-state index is 0.0362. The lowest BCUT2D eigenvalue weighted by atomic mass is 9.76. The molecule has 1 atom stereocenters.